The highest BCUT2D eigenvalue weighted by molar-refractivity contribution is 7.91. The van der Waals surface area contributed by atoms with Gasteiger partial charge in [-0.3, -0.25) is 4.79 Å². The van der Waals surface area contributed by atoms with Gasteiger partial charge in [0.25, 0.3) is 5.91 Å². The Morgan fingerprint density at radius 2 is 2.04 bits per heavy atom. The van der Waals surface area contributed by atoms with Crippen molar-refractivity contribution in [1.82, 2.24) is 4.98 Å². The summed E-state index contributed by atoms with van der Waals surface area (Å²) >= 11 is -1.18. The van der Waals surface area contributed by atoms with Crippen LogP contribution in [0.4, 0.5) is 18.9 Å². The fourth-order valence-corrected chi connectivity index (χ4v) is 3.87. The molecule has 0 aliphatic rings. The maximum atomic E-state index is 12.4. The van der Waals surface area contributed by atoms with Crippen LogP contribution in [0.15, 0.2) is 11.0 Å². The molecule has 0 aliphatic carbocycles. The summed E-state index contributed by atoms with van der Waals surface area (Å²) in [6.45, 7) is 0. The first-order valence-corrected chi connectivity index (χ1v) is 9.50. The van der Waals surface area contributed by atoms with Crippen LogP contribution in [-0.4, -0.2) is 35.6 Å². The Labute approximate surface area is 139 Å². The maximum Gasteiger partial charge on any atom is 0.534 e. The molecular formula is C10H8F3N3O5S3. The highest BCUT2D eigenvalue weighted by atomic mass is 32.2. The highest BCUT2D eigenvalue weighted by Gasteiger charge is 2.49. The van der Waals surface area contributed by atoms with Crippen molar-refractivity contribution in [2.24, 2.45) is 5.73 Å². The number of nitrogens with two attached hydrogens (primary N) is 2. The lowest BCUT2D eigenvalue weighted by Gasteiger charge is -2.11. The van der Waals surface area contributed by atoms with E-state index in [0.29, 0.717) is 11.3 Å². The molecule has 8 nitrogen and oxygen atoms in total. The van der Waals surface area contributed by atoms with Crippen LogP contribution >= 0.6 is 11.3 Å². The Morgan fingerprint density at radius 3 is 2.50 bits per heavy atom. The van der Waals surface area contributed by atoms with Gasteiger partial charge in [-0.15, -0.1) is 11.3 Å². The number of fused-ring (bicyclic) bond motifs is 1. The third-order valence-corrected chi connectivity index (χ3v) is 5.66. The van der Waals surface area contributed by atoms with Gasteiger partial charge in [0.2, 0.25) is 5.88 Å². The van der Waals surface area contributed by atoms with Crippen LogP contribution in [0.2, 0.25) is 0 Å². The number of rotatable bonds is 4. The molecule has 0 aliphatic heterocycles. The number of hydrogen-bond acceptors (Lipinski definition) is 8. The molecule has 0 radical (unpaired) electrons. The lowest BCUT2D eigenvalue weighted by molar-refractivity contribution is -0.0501. The molecule has 0 bridgehead atoms. The molecule has 132 valence electrons. The second-order valence-electron chi connectivity index (χ2n) is 4.29. The zero-order valence-corrected chi connectivity index (χ0v) is 14.0. The highest BCUT2D eigenvalue weighted by Crippen LogP contribution is 2.39. The first-order chi connectivity index (χ1) is 10.8. The molecule has 0 fully saturated rings. The topological polar surface area (TPSA) is 148 Å². The number of carbonyl (C=O) groups excluding carboxylic acids is 1. The van der Waals surface area contributed by atoms with Crippen LogP contribution in [-0.2, 0) is 21.3 Å². The second kappa shape index (κ2) is 5.94. The van der Waals surface area contributed by atoms with Crippen molar-refractivity contribution in [3.05, 3.63) is 10.9 Å². The monoisotopic (exact) mass is 403 g/mol. The summed E-state index contributed by atoms with van der Waals surface area (Å²) < 4.78 is 75.0. The standard InChI is InChI=1S/C10H8F3N3O5S3/c1-23(18)3-2-4(21-24(19,20)10(11,12)13)16-9-5(3)6(14)7(22-9)8(15)17/h2H,14H2,1H3,(H2,15,17). The summed E-state index contributed by atoms with van der Waals surface area (Å²) in [5.41, 5.74) is 5.02. The summed E-state index contributed by atoms with van der Waals surface area (Å²) in [4.78, 5) is 14.4. The molecule has 2 aromatic rings. The predicted molar refractivity (Wildman–Crippen MR) is 80.5 cm³/mol. The van der Waals surface area contributed by atoms with Gasteiger partial charge >= 0.3 is 15.6 Å². The molecule has 24 heavy (non-hydrogen) atoms. The van der Waals surface area contributed by atoms with Gasteiger partial charge in [-0.1, -0.05) is 0 Å². The van der Waals surface area contributed by atoms with Gasteiger partial charge in [0, 0.05) is 0 Å². The average molecular weight is 403 g/mol. The Balaban J connectivity index is 2.69. The number of anilines is 1. The van der Waals surface area contributed by atoms with Crippen molar-refractivity contribution >= 4 is 54.4 Å². The zero-order chi connectivity index (χ0) is 18.4. The van der Waals surface area contributed by atoms with Crippen molar-refractivity contribution in [3.63, 3.8) is 0 Å². The van der Waals surface area contributed by atoms with Gasteiger partial charge in [-0.05, 0) is 11.2 Å². The molecule has 0 aromatic carbocycles. The number of nitrogens with zero attached hydrogens (tertiary/aromatic N) is 1. The van der Waals surface area contributed by atoms with Crippen LogP contribution in [0.5, 0.6) is 5.88 Å². The van der Waals surface area contributed by atoms with E-state index in [1.54, 1.807) is 0 Å². The summed E-state index contributed by atoms with van der Waals surface area (Å²) in [6, 6.07) is 0.746. The van der Waals surface area contributed by atoms with Crippen LogP contribution < -0.4 is 15.7 Å². The number of amides is 1. The van der Waals surface area contributed by atoms with Crippen molar-refractivity contribution in [3.8, 4) is 5.88 Å². The van der Waals surface area contributed by atoms with E-state index in [9.17, 15) is 30.9 Å². The van der Waals surface area contributed by atoms with E-state index < -0.39 is 38.6 Å². The fourth-order valence-electron chi connectivity index (χ4n) is 1.68. The summed E-state index contributed by atoms with van der Waals surface area (Å²) in [5.74, 6) is -1.88. The molecule has 2 rings (SSSR count). The SMILES string of the molecule is C[S+]([O-])c1cc(OS(=O)(=O)C(F)(F)F)nc2sc(C(N)=O)c(N)c12. The third-order valence-electron chi connectivity index (χ3n) is 2.65. The Bertz CT molecular complexity index is 923. The minimum atomic E-state index is -5.96. The number of hydrogen-bond donors (Lipinski definition) is 2. The smallest absolute Gasteiger partial charge is 0.534 e. The van der Waals surface area contributed by atoms with E-state index in [1.807, 2.05) is 0 Å². The van der Waals surface area contributed by atoms with Gasteiger partial charge in [0.15, 0.2) is 4.90 Å². The molecule has 2 heterocycles. The van der Waals surface area contributed by atoms with Gasteiger partial charge in [-0.25, -0.2) is 4.98 Å². The van der Waals surface area contributed by atoms with Crippen LogP contribution in [0.25, 0.3) is 10.2 Å². The van der Waals surface area contributed by atoms with Crippen molar-refractivity contribution in [2.45, 2.75) is 10.4 Å². The van der Waals surface area contributed by atoms with E-state index in [2.05, 4.69) is 9.17 Å². The Kier molecular flexibility index (Phi) is 4.60. The molecule has 1 amide bonds. The molecule has 0 saturated heterocycles. The Morgan fingerprint density at radius 1 is 1.46 bits per heavy atom. The van der Waals surface area contributed by atoms with Crippen molar-refractivity contribution in [1.29, 1.82) is 0 Å². The largest absolute Gasteiger partial charge is 0.612 e. The first-order valence-electron chi connectivity index (χ1n) is 5.72. The van der Waals surface area contributed by atoms with E-state index in [0.717, 1.165) is 6.07 Å². The van der Waals surface area contributed by atoms with Gasteiger partial charge in [0.1, 0.15) is 16.0 Å². The number of aromatic nitrogens is 1. The quantitative estimate of drug-likeness (QED) is 0.438. The summed E-state index contributed by atoms with van der Waals surface area (Å²) in [5, 5.41) is 0.0337. The number of carbonyl (C=O) groups is 1. The summed E-state index contributed by atoms with van der Waals surface area (Å²) in [7, 11) is -5.96. The zero-order valence-electron chi connectivity index (χ0n) is 11.6. The van der Waals surface area contributed by atoms with Crippen LogP contribution in [0, 0.1) is 0 Å². The van der Waals surface area contributed by atoms with Crippen LogP contribution in [0.3, 0.4) is 0 Å². The number of halogens is 3. The molecule has 1 atom stereocenters. The fraction of sp³-hybridized carbons (Fsp3) is 0.200. The number of alkyl halides is 3. The molecule has 0 spiro atoms. The number of pyridine rings is 1. The van der Waals surface area contributed by atoms with E-state index >= 15 is 0 Å². The predicted octanol–water partition coefficient (Wildman–Crippen LogP) is 0.943. The van der Waals surface area contributed by atoms with Gasteiger partial charge < -0.3 is 20.2 Å². The molecule has 14 heteroatoms. The number of thiophene rings is 1. The molecule has 4 N–H and O–H groups in total. The average Bonchev–Trinajstić information content (AvgIpc) is 2.73. The molecular weight excluding hydrogens is 395 g/mol. The van der Waals surface area contributed by atoms with E-state index in [1.165, 1.54) is 6.26 Å². The lowest BCUT2D eigenvalue weighted by atomic mass is 10.2. The van der Waals surface area contributed by atoms with Gasteiger partial charge in [0.05, 0.1) is 17.1 Å². The first kappa shape index (κ1) is 18.6. The van der Waals surface area contributed by atoms with Crippen molar-refractivity contribution in [2.75, 3.05) is 12.0 Å². The number of primary amides is 1. The normalized spacial score (nSPS) is 13.9. The van der Waals surface area contributed by atoms with Crippen LogP contribution in [0.1, 0.15) is 9.67 Å². The third kappa shape index (κ3) is 3.22. The van der Waals surface area contributed by atoms with Crippen molar-refractivity contribution < 1.29 is 35.1 Å². The summed E-state index contributed by atoms with van der Waals surface area (Å²) in [6.07, 6.45) is 1.18. The minimum Gasteiger partial charge on any atom is -0.612 e. The second-order valence-corrected chi connectivity index (χ2v) is 8.17. The molecule has 0 saturated carbocycles. The maximum absolute atomic E-state index is 12.4. The minimum absolute atomic E-state index is 0.0337. The molecule has 2 aromatic heterocycles. The van der Waals surface area contributed by atoms with Gasteiger partial charge in [-0.2, -0.15) is 21.6 Å². The number of nitrogen functional groups attached to an aromatic ring is 1. The lowest BCUT2D eigenvalue weighted by Crippen LogP contribution is -2.28. The van der Waals surface area contributed by atoms with E-state index in [-0.39, 0.29) is 25.7 Å². The van der Waals surface area contributed by atoms with E-state index in [4.69, 9.17) is 11.5 Å². The Hall–Kier alpha value is -1.77. The molecule has 1 unspecified atom stereocenters.